The first-order chi connectivity index (χ1) is 8.58. The predicted octanol–water partition coefficient (Wildman–Crippen LogP) is 3.94. The highest BCUT2D eigenvalue weighted by molar-refractivity contribution is 9.10. The van der Waals surface area contributed by atoms with Gasteiger partial charge in [-0.2, -0.15) is 0 Å². The van der Waals surface area contributed by atoms with Gasteiger partial charge in [0.05, 0.1) is 10.6 Å². The minimum atomic E-state index is -0.253. The first kappa shape index (κ1) is 12.9. The Labute approximate surface area is 118 Å². The van der Waals surface area contributed by atoms with Crippen LogP contribution in [0.2, 0.25) is 5.02 Å². The molecule has 0 heterocycles. The Hall–Kier alpha value is -1.52. The zero-order chi connectivity index (χ0) is 13.1. The molecule has 0 spiro atoms. The lowest BCUT2D eigenvalue weighted by Gasteiger charge is -2.08. The van der Waals surface area contributed by atoms with E-state index in [1.807, 2.05) is 0 Å². The fraction of sp³-hybridized carbons (Fsp3) is 0. The number of nitrogen functional groups attached to an aromatic ring is 1. The first-order valence-corrected chi connectivity index (χ1v) is 6.36. The Morgan fingerprint density at radius 1 is 1.22 bits per heavy atom. The Morgan fingerprint density at radius 2 is 1.94 bits per heavy atom. The van der Waals surface area contributed by atoms with Gasteiger partial charge in [-0.05, 0) is 46.3 Å². The van der Waals surface area contributed by atoms with Crippen LogP contribution in [0.4, 0.5) is 11.4 Å². The number of nitrogens with one attached hydrogen (secondary N) is 1. The van der Waals surface area contributed by atoms with Crippen molar-refractivity contribution in [2.24, 2.45) is 0 Å². The minimum Gasteiger partial charge on any atom is -0.398 e. The summed E-state index contributed by atoms with van der Waals surface area (Å²) in [4.78, 5) is 12.0. The Balaban J connectivity index is 2.22. The van der Waals surface area contributed by atoms with Gasteiger partial charge in [-0.3, -0.25) is 4.79 Å². The summed E-state index contributed by atoms with van der Waals surface area (Å²) in [6.07, 6.45) is 0. The molecule has 2 rings (SSSR count). The molecule has 3 N–H and O–H groups in total. The molecule has 0 bridgehead atoms. The molecular formula is C13H10BrClN2O. The monoisotopic (exact) mass is 324 g/mol. The number of halogens is 2. The van der Waals surface area contributed by atoms with Crippen molar-refractivity contribution in [3.05, 3.63) is 57.5 Å². The number of hydrogen-bond donors (Lipinski definition) is 2. The molecule has 0 saturated heterocycles. The lowest BCUT2D eigenvalue weighted by molar-refractivity contribution is 0.102. The molecule has 0 saturated carbocycles. The number of amides is 1. The topological polar surface area (TPSA) is 55.1 Å². The maximum atomic E-state index is 12.0. The highest BCUT2D eigenvalue weighted by atomic mass is 79.9. The zero-order valence-corrected chi connectivity index (χ0v) is 11.6. The van der Waals surface area contributed by atoms with Gasteiger partial charge in [0.25, 0.3) is 5.91 Å². The van der Waals surface area contributed by atoms with Crippen molar-refractivity contribution in [1.29, 1.82) is 0 Å². The van der Waals surface area contributed by atoms with Gasteiger partial charge in [0.1, 0.15) is 0 Å². The number of carbonyl (C=O) groups is 1. The van der Waals surface area contributed by atoms with Gasteiger partial charge in [0.15, 0.2) is 0 Å². The largest absolute Gasteiger partial charge is 0.398 e. The summed E-state index contributed by atoms with van der Waals surface area (Å²) in [6.45, 7) is 0. The van der Waals surface area contributed by atoms with E-state index in [0.29, 0.717) is 22.0 Å². The first-order valence-electron chi connectivity index (χ1n) is 5.19. The van der Waals surface area contributed by atoms with E-state index < -0.39 is 0 Å². The van der Waals surface area contributed by atoms with Gasteiger partial charge in [0, 0.05) is 15.8 Å². The van der Waals surface area contributed by atoms with Gasteiger partial charge in [-0.1, -0.05) is 23.7 Å². The normalized spacial score (nSPS) is 10.1. The summed E-state index contributed by atoms with van der Waals surface area (Å²) in [6, 6.07) is 12.1. The molecule has 3 nitrogen and oxygen atoms in total. The van der Waals surface area contributed by atoms with Gasteiger partial charge in [-0.25, -0.2) is 0 Å². The van der Waals surface area contributed by atoms with E-state index in [0.717, 1.165) is 4.47 Å². The van der Waals surface area contributed by atoms with Crippen LogP contribution in [0.3, 0.4) is 0 Å². The van der Waals surface area contributed by atoms with Crippen LogP contribution in [0.1, 0.15) is 10.4 Å². The lowest BCUT2D eigenvalue weighted by Crippen LogP contribution is -2.12. The third-order valence-electron chi connectivity index (χ3n) is 2.38. The van der Waals surface area contributed by atoms with Gasteiger partial charge in [0.2, 0.25) is 0 Å². The van der Waals surface area contributed by atoms with Gasteiger partial charge in [-0.15, -0.1) is 0 Å². The van der Waals surface area contributed by atoms with Gasteiger partial charge >= 0.3 is 0 Å². The summed E-state index contributed by atoms with van der Waals surface area (Å²) in [5.74, 6) is -0.253. The van der Waals surface area contributed by atoms with Crippen LogP contribution in [0.15, 0.2) is 46.9 Å². The Bertz CT molecular complexity index is 601. The maximum Gasteiger partial charge on any atom is 0.257 e. The van der Waals surface area contributed by atoms with Crippen LogP contribution in [-0.4, -0.2) is 5.91 Å². The van der Waals surface area contributed by atoms with Crippen molar-refractivity contribution in [1.82, 2.24) is 0 Å². The average molecular weight is 326 g/mol. The zero-order valence-electron chi connectivity index (χ0n) is 9.28. The fourth-order valence-electron chi connectivity index (χ4n) is 1.45. The SMILES string of the molecule is Nc1ccc(NC(=O)c2ccccc2Cl)cc1Br. The smallest absolute Gasteiger partial charge is 0.257 e. The summed E-state index contributed by atoms with van der Waals surface area (Å²) < 4.78 is 0.736. The van der Waals surface area contributed by atoms with Crippen molar-refractivity contribution >= 4 is 44.8 Å². The summed E-state index contributed by atoms with van der Waals surface area (Å²) in [5, 5.41) is 3.18. The van der Waals surface area contributed by atoms with Crippen LogP contribution in [0, 0.1) is 0 Å². The predicted molar refractivity (Wildman–Crippen MR) is 78.0 cm³/mol. The summed E-state index contributed by atoms with van der Waals surface area (Å²) in [7, 11) is 0. The van der Waals surface area contributed by atoms with E-state index >= 15 is 0 Å². The molecule has 1 amide bonds. The maximum absolute atomic E-state index is 12.0. The molecule has 18 heavy (non-hydrogen) atoms. The highest BCUT2D eigenvalue weighted by Crippen LogP contribution is 2.24. The highest BCUT2D eigenvalue weighted by Gasteiger charge is 2.10. The molecule has 0 atom stereocenters. The lowest BCUT2D eigenvalue weighted by atomic mass is 10.2. The van der Waals surface area contributed by atoms with E-state index in [-0.39, 0.29) is 5.91 Å². The molecule has 2 aromatic carbocycles. The van der Waals surface area contributed by atoms with Crippen molar-refractivity contribution < 1.29 is 4.79 Å². The molecule has 5 heteroatoms. The summed E-state index contributed by atoms with van der Waals surface area (Å²) in [5.41, 5.74) is 7.38. The number of hydrogen-bond acceptors (Lipinski definition) is 2. The van der Waals surface area contributed by atoms with Crippen LogP contribution >= 0.6 is 27.5 Å². The number of benzene rings is 2. The van der Waals surface area contributed by atoms with Crippen molar-refractivity contribution in [3.63, 3.8) is 0 Å². The third-order valence-corrected chi connectivity index (χ3v) is 3.39. The molecule has 0 fully saturated rings. The number of carbonyl (C=O) groups excluding carboxylic acids is 1. The van der Waals surface area contributed by atoms with E-state index in [9.17, 15) is 4.79 Å². The van der Waals surface area contributed by atoms with Crippen molar-refractivity contribution in [2.75, 3.05) is 11.1 Å². The summed E-state index contributed by atoms with van der Waals surface area (Å²) >= 11 is 9.26. The molecule has 0 aliphatic carbocycles. The van der Waals surface area contributed by atoms with Crippen molar-refractivity contribution in [3.8, 4) is 0 Å². The molecular weight excluding hydrogens is 316 g/mol. The van der Waals surface area contributed by atoms with Crippen LogP contribution in [-0.2, 0) is 0 Å². The fourth-order valence-corrected chi connectivity index (χ4v) is 2.05. The quantitative estimate of drug-likeness (QED) is 0.822. The molecule has 0 aliphatic heterocycles. The number of anilines is 2. The second-order valence-electron chi connectivity index (χ2n) is 3.67. The van der Waals surface area contributed by atoms with E-state index in [4.69, 9.17) is 17.3 Å². The van der Waals surface area contributed by atoms with E-state index in [2.05, 4.69) is 21.2 Å². The number of rotatable bonds is 2. The van der Waals surface area contributed by atoms with Gasteiger partial charge < -0.3 is 11.1 Å². The Kier molecular flexibility index (Phi) is 3.89. The molecule has 2 aromatic rings. The Morgan fingerprint density at radius 3 is 2.61 bits per heavy atom. The number of nitrogens with two attached hydrogens (primary N) is 1. The molecule has 0 unspecified atom stereocenters. The second kappa shape index (κ2) is 5.42. The van der Waals surface area contributed by atoms with Crippen LogP contribution < -0.4 is 11.1 Å². The molecule has 0 aromatic heterocycles. The molecule has 92 valence electrons. The standard InChI is InChI=1S/C13H10BrClN2O/c14-10-7-8(5-6-12(10)16)17-13(18)9-3-1-2-4-11(9)15/h1-7H,16H2,(H,17,18). The third kappa shape index (κ3) is 2.83. The molecule has 0 radical (unpaired) electrons. The van der Waals surface area contributed by atoms with E-state index in [1.165, 1.54) is 0 Å². The van der Waals surface area contributed by atoms with Crippen LogP contribution in [0.5, 0.6) is 0 Å². The minimum absolute atomic E-state index is 0.253. The average Bonchev–Trinajstić information content (AvgIpc) is 2.34. The van der Waals surface area contributed by atoms with Crippen molar-refractivity contribution in [2.45, 2.75) is 0 Å². The second-order valence-corrected chi connectivity index (χ2v) is 4.93. The van der Waals surface area contributed by atoms with Crippen LogP contribution in [0.25, 0.3) is 0 Å². The molecule has 0 aliphatic rings. The van der Waals surface area contributed by atoms with E-state index in [1.54, 1.807) is 42.5 Å².